The molecule has 176 valence electrons. The fourth-order valence-corrected chi connectivity index (χ4v) is 10.5. The van der Waals surface area contributed by atoms with E-state index in [1.165, 1.54) is 57.8 Å². The molecule has 5 aliphatic carbocycles. The summed E-state index contributed by atoms with van der Waals surface area (Å²) in [5.74, 6) is 2.21. The molecule has 0 aromatic rings. The van der Waals surface area contributed by atoms with E-state index in [9.17, 15) is 5.11 Å². The maximum absolute atomic E-state index is 10.9. The zero-order valence-corrected chi connectivity index (χ0v) is 21.9. The van der Waals surface area contributed by atoms with Gasteiger partial charge in [0.15, 0.2) is 0 Å². The van der Waals surface area contributed by atoms with Gasteiger partial charge in [-0.05, 0) is 114 Å². The Morgan fingerprint density at radius 3 is 2.16 bits per heavy atom. The molecule has 0 aromatic heterocycles. The Morgan fingerprint density at radius 1 is 0.774 bits per heavy atom. The lowest BCUT2D eigenvalue weighted by Gasteiger charge is -2.71. The van der Waals surface area contributed by atoms with Gasteiger partial charge < -0.3 is 5.11 Å². The van der Waals surface area contributed by atoms with E-state index in [-0.39, 0.29) is 11.5 Å². The lowest BCUT2D eigenvalue weighted by atomic mass is 9.33. The summed E-state index contributed by atoms with van der Waals surface area (Å²) in [6.45, 7) is 20.4. The Kier molecular flexibility index (Phi) is 4.66. The number of fused-ring (bicyclic) bond motifs is 7. The Morgan fingerprint density at radius 2 is 1.45 bits per heavy atom. The third-order valence-corrected chi connectivity index (χ3v) is 13.0. The quantitative estimate of drug-likeness (QED) is 0.387. The molecule has 0 aromatic carbocycles. The van der Waals surface area contributed by atoms with Gasteiger partial charge in [-0.25, -0.2) is 0 Å². The molecule has 31 heavy (non-hydrogen) atoms. The predicted molar refractivity (Wildman–Crippen MR) is 131 cm³/mol. The summed E-state index contributed by atoms with van der Waals surface area (Å²) in [7, 11) is 0. The Balaban J connectivity index is 1.57. The molecule has 8 atom stereocenters. The fraction of sp³-hybridized carbons (Fsp3) is 0.933. The van der Waals surface area contributed by atoms with E-state index < -0.39 is 0 Å². The Labute approximate surface area is 192 Å². The molecule has 5 aliphatic rings. The van der Waals surface area contributed by atoms with E-state index in [1.807, 2.05) is 5.57 Å². The summed E-state index contributed by atoms with van der Waals surface area (Å²) in [6, 6.07) is 0. The molecule has 0 amide bonds. The van der Waals surface area contributed by atoms with Crippen LogP contribution in [0.4, 0.5) is 0 Å². The van der Waals surface area contributed by atoms with Crippen LogP contribution in [0, 0.1) is 50.2 Å². The van der Waals surface area contributed by atoms with E-state index >= 15 is 0 Å². The molecule has 0 spiro atoms. The van der Waals surface area contributed by atoms with Gasteiger partial charge in [0.1, 0.15) is 0 Å². The van der Waals surface area contributed by atoms with E-state index in [2.05, 4.69) is 61.5 Å². The van der Waals surface area contributed by atoms with Gasteiger partial charge in [-0.1, -0.05) is 67.0 Å². The maximum atomic E-state index is 10.9. The van der Waals surface area contributed by atoms with E-state index in [4.69, 9.17) is 0 Å². The average molecular weight is 427 g/mol. The van der Waals surface area contributed by atoms with Crippen molar-refractivity contribution in [3.8, 4) is 0 Å². The first-order valence-electron chi connectivity index (χ1n) is 13.6. The van der Waals surface area contributed by atoms with Gasteiger partial charge >= 0.3 is 0 Å². The van der Waals surface area contributed by atoms with Crippen molar-refractivity contribution < 1.29 is 5.11 Å². The monoisotopic (exact) mass is 426 g/mol. The van der Waals surface area contributed by atoms with Gasteiger partial charge in [-0.2, -0.15) is 0 Å². The Bertz CT molecular complexity index is 790. The zero-order valence-electron chi connectivity index (χ0n) is 21.9. The summed E-state index contributed by atoms with van der Waals surface area (Å²) in [5, 5.41) is 10.9. The molecule has 5 rings (SSSR count). The van der Waals surface area contributed by atoms with Gasteiger partial charge in [0.05, 0.1) is 6.10 Å². The Hall–Kier alpha value is -0.300. The van der Waals surface area contributed by atoms with Crippen LogP contribution in [0.15, 0.2) is 11.6 Å². The molecule has 4 saturated carbocycles. The number of aliphatic hydroxyl groups excluding tert-OH is 1. The molecule has 0 saturated heterocycles. The predicted octanol–water partition coefficient (Wildman–Crippen LogP) is 8.17. The van der Waals surface area contributed by atoms with E-state index in [1.54, 1.807) is 0 Å². The summed E-state index contributed by atoms with van der Waals surface area (Å²) in [5.41, 5.74) is 4.09. The zero-order chi connectivity index (χ0) is 22.7. The van der Waals surface area contributed by atoms with Crippen LogP contribution in [0.3, 0.4) is 0 Å². The molecule has 1 N–H and O–H groups in total. The molecule has 0 aliphatic heterocycles. The van der Waals surface area contributed by atoms with Crippen molar-refractivity contribution in [3.05, 3.63) is 11.6 Å². The van der Waals surface area contributed by atoms with Gasteiger partial charge in [0.25, 0.3) is 0 Å². The second-order valence-electron chi connectivity index (χ2n) is 15.2. The minimum absolute atomic E-state index is 0.0533. The van der Waals surface area contributed by atoms with Gasteiger partial charge in [0.2, 0.25) is 0 Å². The van der Waals surface area contributed by atoms with Crippen molar-refractivity contribution in [2.45, 2.75) is 126 Å². The van der Waals surface area contributed by atoms with Crippen LogP contribution >= 0.6 is 0 Å². The van der Waals surface area contributed by atoms with Crippen LogP contribution in [0.5, 0.6) is 0 Å². The highest BCUT2D eigenvalue weighted by Crippen LogP contribution is 2.75. The van der Waals surface area contributed by atoms with Crippen molar-refractivity contribution in [3.63, 3.8) is 0 Å². The number of allylic oxidation sites excluding steroid dienone is 2. The molecule has 0 heterocycles. The molecule has 0 unspecified atom stereocenters. The smallest absolute Gasteiger partial charge is 0.0594 e. The first-order valence-corrected chi connectivity index (χ1v) is 13.6. The fourth-order valence-electron chi connectivity index (χ4n) is 10.5. The highest BCUT2D eigenvalue weighted by atomic mass is 16.3. The lowest BCUT2D eigenvalue weighted by molar-refractivity contribution is -0.202. The van der Waals surface area contributed by atoms with Crippen molar-refractivity contribution >= 4 is 0 Å². The summed E-state index contributed by atoms with van der Waals surface area (Å²) in [4.78, 5) is 0. The first-order chi connectivity index (χ1) is 14.2. The number of aliphatic hydroxyl groups is 1. The topological polar surface area (TPSA) is 20.2 Å². The van der Waals surface area contributed by atoms with E-state index in [0.717, 1.165) is 18.3 Å². The third-order valence-electron chi connectivity index (χ3n) is 13.0. The maximum Gasteiger partial charge on any atom is 0.0594 e. The van der Waals surface area contributed by atoms with E-state index in [0.29, 0.717) is 33.0 Å². The average Bonchev–Trinajstić information content (AvgIpc) is 2.67. The second kappa shape index (κ2) is 6.43. The SMILES string of the molecule is CC1(C)CC[C@@]2(C)CC[C@@]3(C)C(=CC[C@@H]4[C@]5(C)CC[C@@H](O)C(C)(C)[C@H]5CC[C@]43C)[C@H]2C1. The highest BCUT2D eigenvalue weighted by Gasteiger charge is 2.67. The minimum atomic E-state index is -0.125. The summed E-state index contributed by atoms with van der Waals surface area (Å²) < 4.78 is 0. The number of hydrogen-bond acceptors (Lipinski definition) is 1. The summed E-state index contributed by atoms with van der Waals surface area (Å²) in [6.07, 6.45) is 15.9. The molecule has 0 bridgehead atoms. The molecular formula is C30H50O. The molecule has 4 fully saturated rings. The van der Waals surface area contributed by atoms with Crippen LogP contribution in [0.25, 0.3) is 0 Å². The molecule has 1 heteroatoms. The number of rotatable bonds is 0. The van der Waals surface area contributed by atoms with Crippen molar-refractivity contribution in [2.75, 3.05) is 0 Å². The van der Waals surface area contributed by atoms with Gasteiger partial charge in [0, 0.05) is 0 Å². The van der Waals surface area contributed by atoms with Crippen molar-refractivity contribution in [1.29, 1.82) is 0 Å². The second-order valence-corrected chi connectivity index (χ2v) is 15.2. The van der Waals surface area contributed by atoms with Crippen LogP contribution in [-0.2, 0) is 0 Å². The van der Waals surface area contributed by atoms with Crippen molar-refractivity contribution in [2.24, 2.45) is 50.2 Å². The van der Waals surface area contributed by atoms with Crippen LogP contribution in [0.1, 0.15) is 120 Å². The standard InChI is InChI=1S/C30H50O/c1-25(2)15-16-27(5)17-18-29(7)20(21(27)19-25)9-10-23-28(6)13-12-24(31)26(3,4)22(28)11-14-30(23,29)8/h9,21-24,31H,10-19H2,1-8H3/t21-,22-,23-,24-,27+,28-,29+,30-/m1/s1. The van der Waals surface area contributed by atoms with Gasteiger partial charge in [-0.15, -0.1) is 0 Å². The molecule has 1 nitrogen and oxygen atoms in total. The lowest BCUT2D eigenvalue weighted by Crippen LogP contribution is -2.64. The molecular weight excluding hydrogens is 376 g/mol. The minimum Gasteiger partial charge on any atom is -0.393 e. The number of hydrogen-bond donors (Lipinski definition) is 1. The first kappa shape index (κ1) is 22.5. The molecule has 0 radical (unpaired) electrons. The largest absolute Gasteiger partial charge is 0.393 e. The third kappa shape index (κ3) is 2.77. The van der Waals surface area contributed by atoms with Crippen LogP contribution in [0.2, 0.25) is 0 Å². The normalized spacial score (nSPS) is 55.2. The summed E-state index contributed by atoms with van der Waals surface area (Å²) >= 11 is 0. The highest BCUT2D eigenvalue weighted by molar-refractivity contribution is 5.33. The van der Waals surface area contributed by atoms with Gasteiger partial charge in [-0.3, -0.25) is 0 Å². The van der Waals surface area contributed by atoms with Crippen molar-refractivity contribution in [1.82, 2.24) is 0 Å². The van der Waals surface area contributed by atoms with Crippen LogP contribution in [-0.4, -0.2) is 11.2 Å². The van der Waals surface area contributed by atoms with Crippen LogP contribution < -0.4 is 0 Å².